The van der Waals surface area contributed by atoms with E-state index in [0.717, 1.165) is 25.7 Å². The summed E-state index contributed by atoms with van der Waals surface area (Å²) in [5.74, 6) is 0.0341. The van der Waals surface area contributed by atoms with Crippen LogP contribution in [0.3, 0.4) is 0 Å². The summed E-state index contributed by atoms with van der Waals surface area (Å²) >= 11 is 0. The minimum Gasteiger partial charge on any atom is -0.674 e. The van der Waals surface area contributed by atoms with Crippen molar-refractivity contribution < 1.29 is 53.6 Å². The van der Waals surface area contributed by atoms with E-state index in [1.807, 2.05) is 6.92 Å². The van der Waals surface area contributed by atoms with Crippen molar-refractivity contribution in [2.24, 2.45) is 34.2 Å². The van der Waals surface area contributed by atoms with Gasteiger partial charge in [-0.15, -0.1) is 6.04 Å². The second-order valence-electron chi connectivity index (χ2n) is 6.57. The normalized spacial score (nSPS) is 24.3. The third-order valence-corrected chi connectivity index (χ3v) is 4.80. The van der Waals surface area contributed by atoms with Gasteiger partial charge in [-0.05, 0) is 25.7 Å². The van der Waals surface area contributed by atoms with Gasteiger partial charge in [-0.25, -0.2) is 0 Å². The molecule has 1 saturated carbocycles. The van der Waals surface area contributed by atoms with Crippen LogP contribution in [0.4, 0.5) is 0 Å². The predicted octanol–water partition coefficient (Wildman–Crippen LogP) is 2.85. The first kappa shape index (κ1) is 24.1. The summed E-state index contributed by atoms with van der Waals surface area (Å²) in [5, 5.41) is 0. The molecule has 4 atom stereocenters. The van der Waals surface area contributed by atoms with E-state index in [2.05, 4.69) is 18.8 Å². The summed E-state index contributed by atoms with van der Waals surface area (Å²) in [6.07, 6.45) is 5.45. The number of hydrogen-bond donors (Lipinski definition) is 2. The third kappa shape index (κ3) is 7.17. The van der Waals surface area contributed by atoms with E-state index in [4.69, 9.17) is 21.9 Å². The molecule has 24 heavy (non-hydrogen) atoms. The summed E-state index contributed by atoms with van der Waals surface area (Å²) in [4.78, 5) is 16.4. The first-order chi connectivity index (χ1) is 10.9. The maximum absolute atomic E-state index is 12.1. The van der Waals surface area contributed by atoms with Gasteiger partial charge in [0.15, 0.2) is 5.96 Å². The molecule has 0 saturated heterocycles. The van der Waals surface area contributed by atoms with E-state index in [9.17, 15) is 4.79 Å². The molecular formula is C17H33AcN4O2-. The molecule has 7 heteroatoms. The number of nitrogens with zero attached hydrogens (tertiary/aromatic N) is 1. The molecule has 1 unspecified atom stereocenters. The van der Waals surface area contributed by atoms with Gasteiger partial charge < -0.3 is 21.9 Å². The first-order valence-corrected chi connectivity index (χ1v) is 8.90. The molecule has 0 aromatic heterocycles. The van der Waals surface area contributed by atoms with Gasteiger partial charge in [0.2, 0.25) is 0 Å². The SMILES string of the molecule is CCCC(CCC)C([NH-])[C@@H]1C[C@@H](C(=O)OCC)C[C@H]1N=C(N)N.[Ac]. The summed E-state index contributed by atoms with van der Waals surface area (Å²) in [7, 11) is 0. The van der Waals surface area contributed by atoms with Gasteiger partial charge in [0.25, 0.3) is 0 Å². The van der Waals surface area contributed by atoms with E-state index >= 15 is 0 Å². The molecule has 0 aromatic carbocycles. The van der Waals surface area contributed by atoms with Gasteiger partial charge >= 0.3 is 5.97 Å². The Kier molecular flexibility index (Phi) is 12.6. The van der Waals surface area contributed by atoms with Crippen LogP contribution in [0.1, 0.15) is 59.3 Å². The molecule has 0 amide bonds. The summed E-state index contributed by atoms with van der Waals surface area (Å²) in [5.41, 5.74) is 19.9. The number of nitrogens with one attached hydrogen (secondary N) is 1. The number of aliphatic imine (C=N–C) groups is 1. The molecule has 5 N–H and O–H groups in total. The molecule has 6 nitrogen and oxygen atoms in total. The van der Waals surface area contributed by atoms with Crippen molar-refractivity contribution in [1.29, 1.82) is 0 Å². The maximum atomic E-state index is 12.1. The van der Waals surface area contributed by atoms with Crippen molar-refractivity contribution in [3.63, 3.8) is 0 Å². The van der Waals surface area contributed by atoms with Crippen LogP contribution < -0.4 is 11.5 Å². The van der Waals surface area contributed by atoms with Gasteiger partial charge in [0, 0.05) is 44.1 Å². The molecule has 1 fully saturated rings. The van der Waals surface area contributed by atoms with Crippen LogP contribution in [0.5, 0.6) is 0 Å². The molecule has 0 aromatic rings. The van der Waals surface area contributed by atoms with Crippen LogP contribution in [0.25, 0.3) is 5.73 Å². The number of esters is 1. The van der Waals surface area contributed by atoms with Crippen LogP contribution >= 0.6 is 0 Å². The molecule has 0 bridgehead atoms. The quantitative estimate of drug-likeness (QED) is 0.260. The fourth-order valence-electron chi connectivity index (χ4n) is 3.82. The molecule has 1 aliphatic carbocycles. The topological polar surface area (TPSA) is 114 Å². The smallest absolute Gasteiger partial charge is 0.309 e. The summed E-state index contributed by atoms with van der Waals surface area (Å²) < 4.78 is 5.15. The largest absolute Gasteiger partial charge is 0.674 e. The standard InChI is InChI=1S/C17H33N4O2.Ac/c1-4-7-11(8-5-2)15(18)13-9-12(16(22)23-6-3)10-14(13)21-17(19)20;/h11-15,18H,4-10H2,1-3H3,(H4,19,20,21);/q-1;/t12-,13-,14-,15?;/m1./s1. The average Bonchev–Trinajstić information content (AvgIpc) is 2.89. The molecule has 0 heterocycles. The Morgan fingerprint density at radius 3 is 2.25 bits per heavy atom. The van der Waals surface area contributed by atoms with Crippen molar-refractivity contribution in [2.45, 2.75) is 71.4 Å². The fraction of sp³-hybridized carbons (Fsp3) is 0.882. The van der Waals surface area contributed by atoms with Crippen molar-refractivity contribution in [2.75, 3.05) is 6.61 Å². The zero-order valence-corrected chi connectivity index (χ0v) is 20.1. The Morgan fingerprint density at radius 2 is 1.79 bits per heavy atom. The molecular weight excluding hydrogens is 519 g/mol. The number of guanidine groups is 1. The van der Waals surface area contributed by atoms with Crippen LogP contribution in [0.15, 0.2) is 4.99 Å². The number of carbonyl (C=O) groups is 1. The van der Waals surface area contributed by atoms with Gasteiger partial charge in [0.1, 0.15) is 0 Å². The molecule has 1 aliphatic rings. The molecule has 0 spiro atoms. The molecule has 137 valence electrons. The van der Waals surface area contributed by atoms with Crippen molar-refractivity contribution in [3.05, 3.63) is 5.73 Å². The van der Waals surface area contributed by atoms with Crippen molar-refractivity contribution >= 4 is 11.9 Å². The average molecular weight is 552 g/mol. The summed E-state index contributed by atoms with van der Waals surface area (Å²) in [6, 6.07) is -0.379. The van der Waals surface area contributed by atoms with Crippen LogP contribution in [-0.4, -0.2) is 30.6 Å². The number of nitrogens with two attached hydrogens (primary N) is 2. The minimum atomic E-state index is -0.234. The zero-order valence-electron chi connectivity index (χ0n) is 15.3. The van der Waals surface area contributed by atoms with Gasteiger partial charge in [0.05, 0.1) is 18.6 Å². The van der Waals surface area contributed by atoms with Crippen LogP contribution in [-0.2, 0) is 9.53 Å². The van der Waals surface area contributed by atoms with Gasteiger partial charge in [-0.3, -0.25) is 9.79 Å². The van der Waals surface area contributed by atoms with Gasteiger partial charge in [-0.1, -0.05) is 45.4 Å². The van der Waals surface area contributed by atoms with Crippen molar-refractivity contribution in [1.82, 2.24) is 0 Å². The zero-order chi connectivity index (χ0) is 17.4. The number of carbonyl (C=O) groups excluding carboxylic acids is 1. The van der Waals surface area contributed by atoms with E-state index in [1.165, 1.54) is 0 Å². The monoisotopic (exact) mass is 552 g/mol. The summed E-state index contributed by atoms with van der Waals surface area (Å²) in [6.45, 7) is 6.49. The Hall–Kier alpha value is 0.142. The second-order valence-corrected chi connectivity index (χ2v) is 6.57. The second kappa shape index (κ2) is 12.5. The molecule has 1 rings (SSSR count). The number of ether oxygens (including phenoxy) is 1. The third-order valence-electron chi connectivity index (χ3n) is 4.80. The maximum Gasteiger partial charge on any atom is 0.309 e. The van der Waals surface area contributed by atoms with E-state index < -0.39 is 0 Å². The number of rotatable bonds is 9. The molecule has 0 aliphatic heterocycles. The Labute approximate surface area is 182 Å². The van der Waals surface area contributed by atoms with Crippen molar-refractivity contribution in [3.8, 4) is 0 Å². The fourth-order valence-corrected chi connectivity index (χ4v) is 3.82. The van der Waals surface area contributed by atoms with E-state index in [-0.39, 0.29) is 79.9 Å². The van der Waals surface area contributed by atoms with Crippen LogP contribution in [0, 0.1) is 61.8 Å². The number of hydrogen-bond acceptors (Lipinski definition) is 3. The minimum absolute atomic E-state index is 0. The van der Waals surface area contributed by atoms with Gasteiger partial charge in [-0.2, -0.15) is 0 Å². The predicted molar refractivity (Wildman–Crippen MR) is 93.9 cm³/mol. The molecule has 1 radical (unpaired) electrons. The van der Waals surface area contributed by atoms with E-state index in [0.29, 0.717) is 25.4 Å². The Balaban J connectivity index is 0.00000529. The Bertz CT molecular complexity index is 396. The van der Waals surface area contributed by atoms with E-state index in [1.54, 1.807) is 0 Å². The van der Waals surface area contributed by atoms with Crippen LogP contribution in [0.2, 0.25) is 0 Å². The Morgan fingerprint density at radius 1 is 1.21 bits per heavy atom. The first-order valence-electron chi connectivity index (χ1n) is 8.90.